The molecule has 0 saturated carbocycles. The third-order valence-electron chi connectivity index (χ3n) is 4.30. The number of halogens is 2. The molecule has 1 amide bonds. The van der Waals surface area contributed by atoms with Gasteiger partial charge in [-0.25, -0.2) is 9.38 Å². The number of nitrogens with zero attached hydrogens (tertiary/aromatic N) is 4. The van der Waals surface area contributed by atoms with Gasteiger partial charge in [0, 0.05) is 37.6 Å². The van der Waals surface area contributed by atoms with Gasteiger partial charge < -0.3 is 20.3 Å². The lowest BCUT2D eigenvalue weighted by molar-refractivity contribution is -0.114. The Hall–Kier alpha value is -2.21. The van der Waals surface area contributed by atoms with E-state index >= 15 is 0 Å². The Morgan fingerprint density at radius 2 is 2.14 bits per heavy atom. The number of hydrogen-bond donors (Lipinski definition) is 2. The summed E-state index contributed by atoms with van der Waals surface area (Å²) in [5.41, 5.74) is 1.55. The first-order valence-corrected chi connectivity index (χ1v) is 9.24. The number of carbonyl (C=O) groups is 1. The minimum absolute atomic E-state index is 0. The maximum Gasteiger partial charge on any atom is 0.246 e. The Morgan fingerprint density at radius 1 is 1.38 bits per heavy atom. The Morgan fingerprint density at radius 3 is 2.79 bits per heavy atom. The second-order valence-corrected chi connectivity index (χ2v) is 6.48. The number of hydrogen-bond acceptors (Lipinski definition) is 4. The van der Waals surface area contributed by atoms with E-state index in [0.717, 1.165) is 5.56 Å². The molecule has 1 fully saturated rings. The number of guanidine groups is 1. The summed E-state index contributed by atoms with van der Waals surface area (Å²) in [6.45, 7) is 4.50. The highest BCUT2D eigenvalue weighted by Crippen LogP contribution is 2.21. The quantitative estimate of drug-likeness (QED) is 0.362. The van der Waals surface area contributed by atoms with Crippen LogP contribution in [-0.2, 0) is 16.6 Å². The second-order valence-electron chi connectivity index (χ2n) is 6.48. The lowest BCUT2D eigenvalue weighted by Crippen LogP contribution is -2.48. The number of aliphatic imine (C=N–C) groups is 1. The molecule has 2 aromatic rings. The van der Waals surface area contributed by atoms with Crippen LogP contribution in [0.2, 0.25) is 0 Å². The Kier molecular flexibility index (Phi) is 8.83. The molecule has 1 atom stereocenters. The van der Waals surface area contributed by atoms with Crippen molar-refractivity contribution in [2.75, 3.05) is 38.1 Å². The van der Waals surface area contributed by atoms with E-state index in [9.17, 15) is 9.18 Å². The van der Waals surface area contributed by atoms with Crippen LogP contribution in [0.3, 0.4) is 0 Å². The smallest absolute Gasteiger partial charge is 0.246 e. The van der Waals surface area contributed by atoms with Crippen LogP contribution in [0.4, 0.5) is 10.1 Å². The highest BCUT2D eigenvalue weighted by molar-refractivity contribution is 14.0. The van der Waals surface area contributed by atoms with Gasteiger partial charge in [0.2, 0.25) is 5.91 Å². The number of aromatic nitrogens is 2. The van der Waals surface area contributed by atoms with Crippen molar-refractivity contribution in [1.29, 1.82) is 0 Å². The van der Waals surface area contributed by atoms with Crippen molar-refractivity contribution in [3.63, 3.8) is 0 Å². The molecule has 0 bridgehead atoms. The highest BCUT2D eigenvalue weighted by atomic mass is 127. The summed E-state index contributed by atoms with van der Waals surface area (Å²) in [5, 5.41) is 10.1. The van der Waals surface area contributed by atoms with Crippen LogP contribution in [0.15, 0.2) is 41.7 Å². The lowest BCUT2D eigenvalue weighted by Gasteiger charge is -2.34. The zero-order chi connectivity index (χ0) is 19.9. The number of morpholine rings is 1. The SMILES string of the molecule is CCNC(=NCC(=O)Nc1ccc(F)cc1)N1CCOC(c2cnn(C)c2)C1.I. The monoisotopic (exact) mass is 516 g/mol. The molecular formula is C19H26FIN6O2. The average molecular weight is 516 g/mol. The van der Waals surface area contributed by atoms with Crippen molar-refractivity contribution in [2.45, 2.75) is 13.0 Å². The predicted molar refractivity (Wildman–Crippen MR) is 120 cm³/mol. The number of amides is 1. The van der Waals surface area contributed by atoms with Crippen LogP contribution in [0.5, 0.6) is 0 Å². The first-order valence-electron chi connectivity index (χ1n) is 9.24. The Balaban J connectivity index is 0.00000300. The molecule has 1 unspecified atom stereocenters. The molecule has 0 radical (unpaired) electrons. The van der Waals surface area contributed by atoms with E-state index < -0.39 is 0 Å². The summed E-state index contributed by atoms with van der Waals surface area (Å²) in [6, 6.07) is 5.63. The maximum atomic E-state index is 13.0. The van der Waals surface area contributed by atoms with Gasteiger partial charge in [0.25, 0.3) is 0 Å². The van der Waals surface area contributed by atoms with E-state index in [1.54, 1.807) is 10.9 Å². The topological polar surface area (TPSA) is 83.8 Å². The molecule has 1 aliphatic heterocycles. The van der Waals surface area contributed by atoms with Crippen LogP contribution in [-0.4, -0.2) is 59.3 Å². The molecule has 2 N–H and O–H groups in total. The normalized spacial score (nSPS) is 16.9. The summed E-state index contributed by atoms with van der Waals surface area (Å²) in [6.07, 6.45) is 3.64. The highest BCUT2D eigenvalue weighted by Gasteiger charge is 2.25. The largest absolute Gasteiger partial charge is 0.370 e. The van der Waals surface area contributed by atoms with E-state index in [1.807, 2.05) is 20.2 Å². The zero-order valence-electron chi connectivity index (χ0n) is 16.5. The maximum absolute atomic E-state index is 13.0. The van der Waals surface area contributed by atoms with Gasteiger partial charge in [-0.1, -0.05) is 0 Å². The number of rotatable bonds is 5. The zero-order valence-corrected chi connectivity index (χ0v) is 18.8. The van der Waals surface area contributed by atoms with E-state index in [2.05, 4.69) is 25.6 Å². The van der Waals surface area contributed by atoms with Gasteiger partial charge in [-0.15, -0.1) is 24.0 Å². The van der Waals surface area contributed by atoms with Crippen molar-refractivity contribution in [3.8, 4) is 0 Å². The molecule has 0 aliphatic carbocycles. The second kappa shape index (κ2) is 11.1. The first-order chi connectivity index (χ1) is 13.5. The van der Waals surface area contributed by atoms with Crippen LogP contribution >= 0.6 is 24.0 Å². The van der Waals surface area contributed by atoms with Crippen LogP contribution in [0.25, 0.3) is 0 Å². The van der Waals surface area contributed by atoms with Gasteiger partial charge in [-0.05, 0) is 31.2 Å². The van der Waals surface area contributed by atoms with Gasteiger partial charge >= 0.3 is 0 Å². The van der Waals surface area contributed by atoms with E-state index in [-0.39, 0.29) is 48.3 Å². The van der Waals surface area contributed by atoms with Crippen LogP contribution in [0, 0.1) is 5.82 Å². The van der Waals surface area contributed by atoms with Gasteiger partial charge in [0.1, 0.15) is 18.5 Å². The Labute approximate surface area is 186 Å². The number of aryl methyl sites for hydroxylation is 1. The molecule has 3 rings (SSSR count). The van der Waals surface area contributed by atoms with Crippen molar-refractivity contribution >= 4 is 41.5 Å². The summed E-state index contributed by atoms with van der Waals surface area (Å²) < 4.78 is 20.6. The molecule has 1 aliphatic rings. The fourth-order valence-electron chi connectivity index (χ4n) is 2.96. The summed E-state index contributed by atoms with van der Waals surface area (Å²) in [5.74, 6) is 0.0500. The summed E-state index contributed by atoms with van der Waals surface area (Å²) in [7, 11) is 1.87. The molecule has 8 nitrogen and oxygen atoms in total. The lowest BCUT2D eigenvalue weighted by atomic mass is 10.1. The van der Waals surface area contributed by atoms with E-state index in [0.29, 0.717) is 37.9 Å². The standard InChI is InChI=1S/C19H25FN6O2.HI/c1-3-21-19(22-11-18(27)24-16-6-4-15(20)5-7-16)26-8-9-28-17(13-26)14-10-23-25(2)12-14;/h4-7,10,12,17H,3,8-9,11,13H2,1-2H3,(H,21,22)(H,24,27);1H. The minimum Gasteiger partial charge on any atom is -0.370 e. The molecule has 1 aromatic heterocycles. The third kappa shape index (κ3) is 6.67. The Bertz CT molecular complexity index is 826. The number of benzene rings is 1. The first kappa shape index (κ1) is 23.1. The molecule has 158 valence electrons. The van der Waals surface area contributed by atoms with Gasteiger partial charge in [0.05, 0.1) is 19.3 Å². The summed E-state index contributed by atoms with van der Waals surface area (Å²) >= 11 is 0. The van der Waals surface area contributed by atoms with Crippen molar-refractivity contribution in [3.05, 3.63) is 48.0 Å². The minimum atomic E-state index is -0.346. The molecule has 1 saturated heterocycles. The van der Waals surface area contributed by atoms with Crippen LogP contribution < -0.4 is 10.6 Å². The number of carbonyl (C=O) groups excluding carboxylic acids is 1. The average Bonchev–Trinajstić information content (AvgIpc) is 3.13. The molecule has 0 spiro atoms. The molecular weight excluding hydrogens is 490 g/mol. The fraction of sp³-hybridized carbons (Fsp3) is 0.421. The molecule has 10 heteroatoms. The van der Waals surface area contributed by atoms with Crippen molar-refractivity contribution in [2.24, 2.45) is 12.0 Å². The van der Waals surface area contributed by atoms with E-state index in [1.165, 1.54) is 24.3 Å². The van der Waals surface area contributed by atoms with Crippen molar-refractivity contribution < 1.29 is 13.9 Å². The molecule has 1 aromatic carbocycles. The molecule has 29 heavy (non-hydrogen) atoms. The number of anilines is 1. The molecule has 2 heterocycles. The van der Waals surface area contributed by atoms with Crippen molar-refractivity contribution in [1.82, 2.24) is 20.0 Å². The number of nitrogens with one attached hydrogen (secondary N) is 2. The van der Waals surface area contributed by atoms with E-state index in [4.69, 9.17) is 4.74 Å². The predicted octanol–water partition coefficient (Wildman–Crippen LogP) is 2.15. The number of ether oxygens (including phenoxy) is 1. The fourth-order valence-corrected chi connectivity index (χ4v) is 2.96. The summed E-state index contributed by atoms with van der Waals surface area (Å²) in [4.78, 5) is 18.7. The van der Waals surface area contributed by atoms with Gasteiger partial charge in [-0.2, -0.15) is 5.10 Å². The third-order valence-corrected chi connectivity index (χ3v) is 4.30. The van der Waals surface area contributed by atoms with Gasteiger partial charge in [-0.3, -0.25) is 9.48 Å². The van der Waals surface area contributed by atoms with Crippen LogP contribution in [0.1, 0.15) is 18.6 Å². The van der Waals surface area contributed by atoms with Gasteiger partial charge in [0.15, 0.2) is 5.96 Å².